The highest BCUT2D eigenvalue weighted by Crippen LogP contribution is 2.28. The van der Waals surface area contributed by atoms with E-state index >= 15 is 0 Å². The van der Waals surface area contributed by atoms with E-state index in [-0.39, 0.29) is 0 Å². The molecule has 0 aliphatic carbocycles. The van der Waals surface area contributed by atoms with Crippen molar-refractivity contribution in [3.05, 3.63) is 59.7 Å². The van der Waals surface area contributed by atoms with Gasteiger partial charge in [0.2, 0.25) is 0 Å². The zero-order valence-electron chi connectivity index (χ0n) is 24.0. The largest absolute Gasteiger partial charge is 0.436 e. The summed E-state index contributed by atoms with van der Waals surface area (Å²) in [6.07, 6.45) is 4.79. The number of benzene rings is 2. The molecule has 2 rings (SSSR count). The van der Waals surface area contributed by atoms with E-state index in [9.17, 15) is 0 Å². The minimum absolute atomic E-state index is 0.688. The molecular weight excluding hydrogens is 511 g/mol. The predicted molar refractivity (Wildman–Crippen MR) is 163 cm³/mol. The first-order valence-corrected chi connectivity index (χ1v) is 25.2. The van der Waals surface area contributed by atoms with Gasteiger partial charge in [-0.1, -0.05) is 62.6 Å². The topological polar surface area (TPSA) is 51.5 Å². The summed E-state index contributed by atoms with van der Waals surface area (Å²) in [6.45, 7) is 20.3. The van der Waals surface area contributed by atoms with Gasteiger partial charge in [-0.2, -0.15) is 5.26 Å². The molecule has 0 aromatic heterocycles. The summed E-state index contributed by atoms with van der Waals surface area (Å²) < 4.78 is 20.3. The Morgan fingerprint density at radius 2 is 1.11 bits per heavy atom. The minimum Gasteiger partial charge on any atom is -0.436 e. The number of aryl methyl sites for hydroxylation is 1. The Labute approximate surface area is 224 Å². The van der Waals surface area contributed by atoms with Crippen LogP contribution in [0.25, 0.3) is 11.1 Å². The quantitative estimate of drug-likeness (QED) is 0.172. The van der Waals surface area contributed by atoms with E-state index in [2.05, 4.69) is 89.6 Å². The third-order valence-electron chi connectivity index (χ3n) is 6.24. The molecule has 0 amide bonds. The zero-order valence-corrected chi connectivity index (χ0v) is 28.0. The van der Waals surface area contributed by atoms with E-state index < -0.39 is 33.8 Å². The molecule has 4 nitrogen and oxygen atoms in total. The Balaban J connectivity index is 1.92. The van der Waals surface area contributed by atoms with E-state index in [1.54, 1.807) is 0 Å². The number of nitriles is 1. The van der Waals surface area contributed by atoms with Gasteiger partial charge in [0.05, 0.1) is 11.6 Å². The summed E-state index contributed by atoms with van der Waals surface area (Å²) in [5.41, 5.74) is 4.32. The summed E-state index contributed by atoms with van der Waals surface area (Å²) in [4.78, 5) is 0. The Bertz CT molecular complexity index is 997. The molecule has 0 saturated heterocycles. The van der Waals surface area contributed by atoms with Gasteiger partial charge in [-0.25, -0.2) is 0 Å². The van der Waals surface area contributed by atoms with Crippen molar-refractivity contribution in [2.45, 2.75) is 97.1 Å². The van der Waals surface area contributed by atoms with Crippen LogP contribution >= 0.6 is 0 Å². The predicted octanol–water partition coefficient (Wildman–Crippen LogP) is 8.82. The maximum absolute atomic E-state index is 9.00. The van der Waals surface area contributed by atoms with Gasteiger partial charge in [0.15, 0.2) is 16.6 Å². The maximum atomic E-state index is 9.00. The van der Waals surface area contributed by atoms with Crippen molar-refractivity contribution in [2.75, 3.05) is 0 Å². The van der Waals surface area contributed by atoms with Crippen molar-refractivity contribution in [1.29, 1.82) is 5.26 Å². The van der Waals surface area contributed by atoms with Gasteiger partial charge in [-0.05, 0) is 99.7 Å². The van der Waals surface area contributed by atoms with Crippen LogP contribution in [0.2, 0.25) is 64.5 Å². The van der Waals surface area contributed by atoms with E-state index in [1.165, 1.54) is 36.4 Å². The van der Waals surface area contributed by atoms with Crippen LogP contribution in [-0.2, 0) is 18.8 Å². The Kier molecular flexibility index (Phi) is 11.1. The second-order valence-electron chi connectivity index (χ2n) is 12.0. The smallest absolute Gasteiger partial charge is 0.312 e. The van der Waals surface area contributed by atoms with Crippen LogP contribution in [0.4, 0.5) is 0 Å². The van der Waals surface area contributed by atoms with E-state index in [0.717, 1.165) is 18.0 Å². The van der Waals surface area contributed by atoms with Gasteiger partial charge in [-0.3, -0.25) is 0 Å². The third-order valence-corrected chi connectivity index (χ3v) is 21.5. The first-order valence-electron chi connectivity index (χ1n) is 13.4. The van der Waals surface area contributed by atoms with Crippen molar-refractivity contribution in [1.82, 2.24) is 0 Å². The molecule has 0 unspecified atom stereocenters. The van der Waals surface area contributed by atoms with E-state index in [4.69, 9.17) is 17.6 Å². The van der Waals surface area contributed by atoms with Gasteiger partial charge in [-0.15, -0.1) is 0 Å². The van der Waals surface area contributed by atoms with Crippen LogP contribution in [-0.4, -0.2) is 33.8 Å². The molecule has 2 aromatic rings. The van der Waals surface area contributed by atoms with E-state index in [1.807, 2.05) is 24.3 Å². The Hall–Kier alpha value is -1.32. The second-order valence-corrected chi connectivity index (χ2v) is 28.1. The van der Waals surface area contributed by atoms with Gasteiger partial charge in [0.1, 0.15) is 0 Å². The molecule has 198 valence electrons. The second kappa shape index (κ2) is 13.0. The molecule has 0 atom stereocenters. The minimum atomic E-state index is -2.31. The average Bonchev–Trinajstić information content (AvgIpc) is 2.76. The highest BCUT2D eigenvalue weighted by molar-refractivity contribution is 6.89. The van der Waals surface area contributed by atoms with Crippen molar-refractivity contribution < 1.29 is 12.3 Å². The van der Waals surface area contributed by atoms with Gasteiger partial charge in [0, 0.05) is 0 Å². The average molecular weight is 558 g/mol. The number of nitrogens with zero attached hydrogens (tertiary/aromatic N) is 1. The molecule has 0 aliphatic rings. The van der Waals surface area contributed by atoms with Crippen molar-refractivity contribution in [3.8, 4) is 17.2 Å². The fraction of sp³-hybridized carbons (Fsp3) is 0.536. The van der Waals surface area contributed by atoms with Crippen LogP contribution in [0.15, 0.2) is 48.5 Å². The molecule has 8 heteroatoms. The first-order chi connectivity index (χ1) is 16.7. The SMILES string of the molecule is CCCCC[Si](C)(C)O[Si](C)(C)O[Si](C)(C)O[Si](C)(C)CCc1ccc(-c2ccc(C#N)cc2)cc1. The number of rotatable bonds is 14. The molecule has 0 fully saturated rings. The fourth-order valence-corrected chi connectivity index (χ4v) is 24.2. The Morgan fingerprint density at radius 3 is 1.58 bits per heavy atom. The summed E-state index contributed by atoms with van der Waals surface area (Å²) in [6, 6.07) is 21.0. The maximum Gasteiger partial charge on any atom is 0.312 e. The van der Waals surface area contributed by atoms with Crippen molar-refractivity contribution >= 4 is 33.8 Å². The standard InChI is InChI=1S/C28H47NO3Si4/c1-10-11-12-22-33(2,3)30-35(6,7)32-36(8,9)31-34(4,5)23-21-25-13-17-27(18-14-25)28-19-15-26(24-29)16-20-28/h13-20H,10-12,21-23H2,1-9H3. The van der Waals surface area contributed by atoms with Crippen LogP contribution in [0.1, 0.15) is 37.3 Å². The van der Waals surface area contributed by atoms with Crippen LogP contribution < -0.4 is 0 Å². The molecule has 0 N–H and O–H groups in total. The number of hydrogen-bond donors (Lipinski definition) is 0. The molecule has 36 heavy (non-hydrogen) atoms. The van der Waals surface area contributed by atoms with Crippen molar-refractivity contribution in [3.63, 3.8) is 0 Å². The lowest BCUT2D eigenvalue weighted by molar-refractivity contribution is 0.327. The van der Waals surface area contributed by atoms with Gasteiger partial charge < -0.3 is 12.3 Å². The fourth-order valence-electron chi connectivity index (χ4n) is 4.91. The lowest BCUT2D eigenvalue weighted by atomic mass is 10.0. The normalized spacial score (nSPS) is 13.0. The molecule has 0 bridgehead atoms. The lowest BCUT2D eigenvalue weighted by Crippen LogP contribution is -2.56. The molecule has 2 aromatic carbocycles. The molecular formula is C28H47NO3Si4. The summed E-state index contributed by atoms with van der Waals surface area (Å²) >= 11 is 0. The summed E-state index contributed by atoms with van der Waals surface area (Å²) in [5.74, 6) is 0. The summed E-state index contributed by atoms with van der Waals surface area (Å²) in [5, 5.41) is 9.00. The van der Waals surface area contributed by atoms with Gasteiger partial charge >= 0.3 is 17.1 Å². The zero-order chi connectivity index (χ0) is 27.0. The highest BCUT2D eigenvalue weighted by Gasteiger charge is 2.43. The van der Waals surface area contributed by atoms with E-state index in [0.29, 0.717) is 5.56 Å². The Morgan fingerprint density at radius 1 is 0.639 bits per heavy atom. The number of unbranched alkanes of at least 4 members (excludes halogenated alkanes) is 2. The third kappa shape index (κ3) is 11.0. The monoisotopic (exact) mass is 557 g/mol. The van der Waals surface area contributed by atoms with Crippen LogP contribution in [0.5, 0.6) is 0 Å². The summed E-state index contributed by atoms with van der Waals surface area (Å²) in [7, 11) is -8.21. The molecule has 0 aliphatic heterocycles. The number of hydrogen-bond acceptors (Lipinski definition) is 4. The lowest BCUT2D eigenvalue weighted by Gasteiger charge is -2.41. The first kappa shape index (κ1) is 30.9. The van der Waals surface area contributed by atoms with Crippen molar-refractivity contribution in [2.24, 2.45) is 0 Å². The highest BCUT2D eigenvalue weighted by atomic mass is 28.5. The molecule has 0 saturated carbocycles. The van der Waals surface area contributed by atoms with Crippen LogP contribution in [0, 0.1) is 11.3 Å². The molecule has 0 spiro atoms. The molecule has 0 heterocycles. The van der Waals surface area contributed by atoms with Gasteiger partial charge in [0.25, 0.3) is 0 Å². The molecule has 0 radical (unpaired) electrons. The van der Waals surface area contributed by atoms with Crippen LogP contribution in [0.3, 0.4) is 0 Å².